The summed E-state index contributed by atoms with van der Waals surface area (Å²) in [5.41, 5.74) is 4.39. The zero-order valence-corrected chi connectivity index (χ0v) is 19.8. The quantitative estimate of drug-likeness (QED) is 0.260. The minimum absolute atomic E-state index is 0. The molecule has 29 heavy (non-hydrogen) atoms. The van der Waals surface area contributed by atoms with E-state index in [1.165, 1.54) is 5.69 Å². The Kier molecular flexibility index (Phi) is 8.94. The molecule has 2 N–H and O–H groups in total. The first-order valence-corrected chi connectivity index (χ1v) is 9.91. The van der Waals surface area contributed by atoms with E-state index >= 15 is 0 Å². The van der Waals surface area contributed by atoms with Crippen molar-refractivity contribution in [3.05, 3.63) is 47.3 Å². The van der Waals surface area contributed by atoms with Crippen LogP contribution in [0.4, 0.5) is 5.69 Å². The Hall–Kier alpha value is -2.10. The number of guanidine groups is 1. The van der Waals surface area contributed by atoms with Gasteiger partial charge in [0.1, 0.15) is 0 Å². The van der Waals surface area contributed by atoms with Crippen LogP contribution in [0.3, 0.4) is 0 Å². The molecule has 1 saturated heterocycles. The van der Waals surface area contributed by atoms with Gasteiger partial charge in [-0.2, -0.15) is 5.10 Å². The molecule has 0 spiro atoms. The standard InChI is InChI=1S/C21H30N6O.HI/c1-16-14-17(2)27(25-16)13-5-11-23-21(22-3)24-15-18-7-9-19(10-8-18)26-12-4-6-20(26)28;/h7-10,14H,4-6,11-13,15H2,1-3H3,(H2,22,23,24);1H. The lowest BCUT2D eigenvalue weighted by molar-refractivity contribution is -0.117. The summed E-state index contributed by atoms with van der Waals surface area (Å²) in [6, 6.07) is 10.3. The number of aryl methyl sites for hydroxylation is 3. The molecule has 3 rings (SSSR count). The molecule has 7 nitrogen and oxygen atoms in total. The van der Waals surface area contributed by atoms with Crippen molar-refractivity contribution in [3.8, 4) is 0 Å². The van der Waals surface area contributed by atoms with Crippen molar-refractivity contribution in [3.63, 3.8) is 0 Å². The fourth-order valence-corrected chi connectivity index (χ4v) is 3.46. The van der Waals surface area contributed by atoms with Gasteiger partial charge in [-0.3, -0.25) is 14.5 Å². The van der Waals surface area contributed by atoms with Crippen LogP contribution in [0.25, 0.3) is 0 Å². The molecule has 8 heteroatoms. The Morgan fingerprint density at radius 2 is 1.97 bits per heavy atom. The number of halogens is 1. The third kappa shape index (κ3) is 6.45. The highest BCUT2D eigenvalue weighted by molar-refractivity contribution is 14.0. The molecule has 0 saturated carbocycles. The second kappa shape index (κ2) is 11.2. The topological polar surface area (TPSA) is 74.6 Å². The van der Waals surface area contributed by atoms with Crippen LogP contribution < -0.4 is 15.5 Å². The second-order valence-corrected chi connectivity index (χ2v) is 7.17. The van der Waals surface area contributed by atoms with E-state index in [1.807, 2.05) is 28.6 Å². The molecule has 1 fully saturated rings. The van der Waals surface area contributed by atoms with Crippen LogP contribution in [-0.4, -0.2) is 41.8 Å². The first kappa shape index (κ1) is 23.2. The van der Waals surface area contributed by atoms with Crippen LogP contribution in [0.5, 0.6) is 0 Å². The fraction of sp³-hybridized carbons (Fsp3) is 0.476. The van der Waals surface area contributed by atoms with Crippen LogP contribution in [0.2, 0.25) is 0 Å². The van der Waals surface area contributed by atoms with Crippen molar-refractivity contribution >= 4 is 41.5 Å². The average Bonchev–Trinajstić information content (AvgIpc) is 3.26. The lowest BCUT2D eigenvalue weighted by Crippen LogP contribution is -2.37. The van der Waals surface area contributed by atoms with E-state index in [0.717, 1.165) is 55.4 Å². The van der Waals surface area contributed by atoms with E-state index in [4.69, 9.17) is 0 Å². The molecule has 0 unspecified atom stereocenters. The largest absolute Gasteiger partial charge is 0.356 e. The number of nitrogens with one attached hydrogen (secondary N) is 2. The van der Waals surface area contributed by atoms with Crippen molar-refractivity contribution in [1.29, 1.82) is 0 Å². The van der Waals surface area contributed by atoms with E-state index in [2.05, 4.69) is 45.8 Å². The van der Waals surface area contributed by atoms with Crippen LogP contribution in [0, 0.1) is 13.8 Å². The molecule has 0 bridgehead atoms. The SMILES string of the molecule is CN=C(NCCCn1nc(C)cc1C)NCc1ccc(N2CCCC2=O)cc1.I. The molecule has 0 atom stereocenters. The molecule has 1 amide bonds. The van der Waals surface area contributed by atoms with Gasteiger partial charge in [-0.1, -0.05) is 12.1 Å². The summed E-state index contributed by atoms with van der Waals surface area (Å²) < 4.78 is 2.04. The van der Waals surface area contributed by atoms with Gasteiger partial charge in [0.25, 0.3) is 0 Å². The minimum Gasteiger partial charge on any atom is -0.356 e. The van der Waals surface area contributed by atoms with Gasteiger partial charge in [0, 0.05) is 51.0 Å². The maximum atomic E-state index is 11.8. The number of hydrogen-bond donors (Lipinski definition) is 2. The molecule has 1 aromatic carbocycles. The molecule has 158 valence electrons. The summed E-state index contributed by atoms with van der Waals surface area (Å²) in [6.45, 7) is 7.33. The van der Waals surface area contributed by atoms with Gasteiger partial charge in [-0.05, 0) is 50.5 Å². The number of aromatic nitrogens is 2. The average molecular weight is 510 g/mol. The normalized spacial score (nSPS) is 14.1. The van der Waals surface area contributed by atoms with Crippen LogP contribution >= 0.6 is 24.0 Å². The number of amides is 1. The van der Waals surface area contributed by atoms with Crippen LogP contribution in [0.15, 0.2) is 35.3 Å². The zero-order chi connectivity index (χ0) is 19.9. The predicted molar refractivity (Wildman–Crippen MR) is 128 cm³/mol. The number of nitrogens with zero attached hydrogens (tertiary/aromatic N) is 4. The summed E-state index contributed by atoms with van der Waals surface area (Å²) in [5, 5.41) is 11.2. The molecule has 2 heterocycles. The van der Waals surface area contributed by atoms with Crippen molar-refractivity contribution in [1.82, 2.24) is 20.4 Å². The van der Waals surface area contributed by atoms with Gasteiger partial charge < -0.3 is 15.5 Å². The van der Waals surface area contributed by atoms with Gasteiger partial charge in [0.05, 0.1) is 5.69 Å². The molecule has 1 aromatic heterocycles. The van der Waals surface area contributed by atoms with Crippen molar-refractivity contribution in [2.75, 3.05) is 25.0 Å². The third-order valence-corrected chi connectivity index (χ3v) is 4.95. The molecule has 0 radical (unpaired) electrons. The molecule has 0 aliphatic carbocycles. The Morgan fingerprint density at radius 1 is 1.21 bits per heavy atom. The maximum Gasteiger partial charge on any atom is 0.227 e. The van der Waals surface area contributed by atoms with Crippen molar-refractivity contribution in [2.24, 2.45) is 4.99 Å². The summed E-state index contributed by atoms with van der Waals surface area (Å²) in [7, 11) is 1.78. The second-order valence-electron chi connectivity index (χ2n) is 7.17. The highest BCUT2D eigenvalue weighted by Gasteiger charge is 2.21. The Labute approximate surface area is 190 Å². The van der Waals surface area contributed by atoms with E-state index in [-0.39, 0.29) is 29.9 Å². The van der Waals surface area contributed by atoms with Gasteiger partial charge in [0.2, 0.25) is 5.91 Å². The number of rotatable bonds is 7. The summed E-state index contributed by atoms with van der Waals surface area (Å²) in [5.74, 6) is 1.00. The van der Waals surface area contributed by atoms with E-state index in [9.17, 15) is 4.79 Å². The first-order valence-electron chi connectivity index (χ1n) is 9.91. The zero-order valence-electron chi connectivity index (χ0n) is 17.4. The fourth-order valence-electron chi connectivity index (χ4n) is 3.46. The van der Waals surface area contributed by atoms with Crippen LogP contribution in [0.1, 0.15) is 36.2 Å². The molecule has 2 aromatic rings. The van der Waals surface area contributed by atoms with Crippen molar-refractivity contribution < 1.29 is 4.79 Å². The molecular weight excluding hydrogens is 479 g/mol. The monoisotopic (exact) mass is 510 g/mol. The van der Waals surface area contributed by atoms with Gasteiger partial charge in [0.15, 0.2) is 5.96 Å². The number of anilines is 1. The summed E-state index contributed by atoms with van der Waals surface area (Å²) in [4.78, 5) is 18.0. The van der Waals surface area contributed by atoms with E-state index in [0.29, 0.717) is 13.0 Å². The Balaban J connectivity index is 0.00000300. The first-order chi connectivity index (χ1) is 13.6. The number of carbonyl (C=O) groups excluding carboxylic acids is 1. The Bertz CT molecular complexity index is 830. The highest BCUT2D eigenvalue weighted by atomic mass is 127. The molecular formula is C21H31IN6O. The summed E-state index contributed by atoms with van der Waals surface area (Å²) in [6.07, 6.45) is 2.58. The smallest absolute Gasteiger partial charge is 0.227 e. The predicted octanol–water partition coefficient (Wildman–Crippen LogP) is 3.00. The van der Waals surface area contributed by atoms with Crippen LogP contribution in [-0.2, 0) is 17.9 Å². The number of benzene rings is 1. The van der Waals surface area contributed by atoms with Gasteiger partial charge in [-0.25, -0.2) is 0 Å². The van der Waals surface area contributed by atoms with E-state index in [1.54, 1.807) is 7.05 Å². The third-order valence-electron chi connectivity index (χ3n) is 4.95. The highest BCUT2D eigenvalue weighted by Crippen LogP contribution is 2.21. The van der Waals surface area contributed by atoms with Gasteiger partial charge >= 0.3 is 0 Å². The van der Waals surface area contributed by atoms with Gasteiger partial charge in [-0.15, -0.1) is 24.0 Å². The Morgan fingerprint density at radius 3 is 2.55 bits per heavy atom. The number of aliphatic imine (C=N–C) groups is 1. The number of hydrogen-bond acceptors (Lipinski definition) is 3. The number of carbonyl (C=O) groups is 1. The molecule has 1 aliphatic rings. The molecule has 1 aliphatic heterocycles. The lowest BCUT2D eigenvalue weighted by atomic mass is 10.2. The van der Waals surface area contributed by atoms with Crippen molar-refractivity contribution in [2.45, 2.75) is 46.2 Å². The minimum atomic E-state index is 0. The summed E-state index contributed by atoms with van der Waals surface area (Å²) >= 11 is 0. The lowest BCUT2D eigenvalue weighted by Gasteiger charge is -2.16. The van der Waals surface area contributed by atoms with E-state index < -0.39 is 0 Å². The maximum absolute atomic E-state index is 11.8.